The lowest BCUT2D eigenvalue weighted by Gasteiger charge is -2.23. The number of methoxy groups -OCH3 is 2. The van der Waals surface area contributed by atoms with Crippen LogP contribution in [-0.4, -0.2) is 54.9 Å². The van der Waals surface area contributed by atoms with E-state index in [1.807, 2.05) is 0 Å². The van der Waals surface area contributed by atoms with E-state index in [0.29, 0.717) is 22.9 Å². The second kappa shape index (κ2) is 8.62. The lowest BCUT2D eigenvalue weighted by Crippen LogP contribution is -2.44. The van der Waals surface area contributed by atoms with Gasteiger partial charge < -0.3 is 24.6 Å². The van der Waals surface area contributed by atoms with Crippen LogP contribution in [0, 0.1) is 0 Å². The molecular weight excluding hydrogens is 364 g/mol. The van der Waals surface area contributed by atoms with Crippen molar-refractivity contribution in [3.63, 3.8) is 0 Å². The molecule has 0 radical (unpaired) electrons. The fraction of sp³-hybridized carbons (Fsp3) is 0.300. The van der Waals surface area contributed by atoms with E-state index in [-0.39, 0.29) is 13.0 Å². The van der Waals surface area contributed by atoms with Crippen molar-refractivity contribution in [2.45, 2.75) is 18.6 Å². The van der Waals surface area contributed by atoms with Gasteiger partial charge in [-0.05, 0) is 24.3 Å². The number of ether oxygens (including phenoxy) is 3. The fourth-order valence-electron chi connectivity index (χ4n) is 3.04. The number of β-amino-alcohol motifs (C(OH)–C–C–N with tert-alkyl or cyclic N) is 1. The van der Waals surface area contributed by atoms with Crippen molar-refractivity contribution in [1.82, 2.24) is 4.90 Å². The molecule has 2 aromatic carbocycles. The third-order valence-electron chi connectivity index (χ3n) is 4.43. The summed E-state index contributed by atoms with van der Waals surface area (Å²) in [7, 11) is 3.00. The van der Waals surface area contributed by atoms with Crippen molar-refractivity contribution in [2.75, 3.05) is 26.1 Å². The zero-order valence-electron chi connectivity index (χ0n) is 15.6. The number of likely N-dealkylation sites (tertiary alicyclic amines) is 1. The quantitative estimate of drug-likeness (QED) is 0.818. The summed E-state index contributed by atoms with van der Waals surface area (Å²) in [4.78, 5) is 26.6. The monoisotopic (exact) mass is 386 g/mol. The standard InChI is InChI=1S/C20H22N2O6/c1-26-15-8-9-18(27-2)16(11-15)21-19(24)17-10-13(23)12-22(17)20(25)28-14-6-4-3-5-7-14/h3-9,11,13,17,23H,10,12H2,1-2H3,(H,21,24)/t13-,17+/m1/s1. The summed E-state index contributed by atoms with van der Waals surface area (Å²) in [6, 6.07) is 12.7. The van der Waals surface area contributed by atoms with Gasteiger partial charge in [-0.1, -0.05) is 18.2 Å². The van der Waals surface area contributed by atoms with Gasteiger partial charge in [-0.15, -0.1) is 0 Å². The number of nitrogens with one attached hydrogen (secondary N) is 1. The summed E-state index contributed by atoms with van der Waals surface area (Å²) in [5.74, 6) is 0.907. The Kier molecular flexibility index (Phi) is 6.00. The van der Waals surface area contributed by atoms with Crippen LogP contribution in [0.5, 0.6) is 17.2 Å². The van der Waals surface area contributed by atoms with E-state index in [4.69, 9.17) is 14.2 Å². The highest BCUT2D eigenvalue weighted by Gasteiger charge is 2.40. The van der Waals surface area contributed by atoms with Crippen LogP contribution in [0.1, 0.15) is 6.42 Å². The van der Waals surface area contributed by atoms with Gasteiger partial charge in [-0.3, -0.25) is 9.69 Å². The van der Waals surface area contributed by atoms with Gasteiger partial charge in [0, 0.05) is 12.5 Å². The van der Waals surface area contributed by atoms with Crippen LogP contribution >= 0.6 is 0 Å². The second-order valence-electron chi connectivity index (χ2n) is 6.29. The Morgan fingerprint density at radius 3 is 2.50 bits per heavy atom. The van der Waals surface area contributed by atoms with Crippen molar-refractivity contribution in [1.29, 1.82) is 0 Å². The van der Waals surface area contributed by atoms with Crippen molar-refractivity contribution in [3.05, 3.63) is 48.5 Å². The summed E-state index contributed by atoms with van der Waals surface area (Å²) in [6.45, 7) is 0.0129. The maximum atomic E-state index is 12.8. The normalized spacial score (nSPS) is 18.5. The Balaban J connectivity index is 1.75. The topological polar surface area (TPSA) is 97.3 Å². The highest BCUT2D eigenvalue weighted by molar-refractivity contribution is 5.98. The number of nitrogens with zero attached hydrogens (tertiary/aromatic N) is 1. The van der Waals surface area contributed by atoms with Crippen molar-refractivity contribution >= 4 is 17.7 Å². The smallest absolute Gasteiger partial charge is 0.416 e. The molecule has 2 aromatic rings. The molecular formula is C20H22N2O6. The van der Waals surface area contributed by atoms with E-state index in [9.17, 15) is 14.7 Å². The number of benzene rings is 2. The van der Waals surface area contributed by atoms with Crippen LogP contribution in [-0.2, 0) is 4.79 Å². The van der Waals surface area contributed by atoms with Crippen molar-refractivity contribution in [3.8, 4) is 17.2 Å². The predicted molar refractivity (Wildman–Crippen MR) is 102 cm³/mol. The molecule has 148 valence electrons. The van der Waals surface area contributed by atoms with Crippen LogP contribution in [0.3, 0.4) is 0 Å². The van der Waals surface area contributed by atoms with E-state index >= 15 is 0 Å². The van der Waals surface area contributed by atoms with Gasteiger partial charge in [0.2, 0.25) is 5.91 Å². The molecule has 0 saturated carbocycles. The number of para-hydroxylation sites is 1. The highest BCUT2D eigenvalue weighted by Crippen LogP contribution is 2.30. The number of anilines is 1. The fourth-order valence-corrected chi connectivity index (χ4v) is 3.04. The molecule has 3 rings (SSSR count). The summed E-state index contributed by atoms with van der Waals surface area (Å²) < 4.78 is 15.7. The van der Waals surface area contributed by atoms with Crippen LogP contribution < -0.4 is 19.5 Å². The highest BCUT2D eigenvalue weighted by atomic mass is 16.6. The lowest BCUT2D eigenvalue weighted by atomic mass is 10.1. The van der Waals surface area contributed by atoms with Crippen LogP contribution in [0.15, 0.2) is 48.5 Å². The number of carbonyl (C=O) groups is 2. The molecule has 2 amide bonds. The molecule has 0 aromatic heterocycles. The molecule has 8 nitrogen and oxygen atoms in total. The minimum absolute atomic E-state index is 0.0129. The summed E-state index contributed by atoms with van der Waals surface area (Å²) in [5.41, 5.74) is 0.407. The molecule has 1 heterocycles. The SMILES string of the molecule is COc1ccc(OC)c(NC(=O)[C@@H]2C[C@@H](O)CN2C(=O)Oc2ccccc2)c1. The Bertz CT molecular complexity index is 842. The number of hydrogen-bond donors (Lipinski definition) is 2. The first-order chi connectivity index (χ1) is 13.5. The zero-order chi connectivity index (χ0) is 20.1. The average Bonchev–Trinajstić information content (AvgIpc) is 3.10. The Labute approximate surface area is 162 Å². The maximum absolute atomic E-state index is 12.8. The minimum Gasteiger partial charge on any atom is -0.497 e. The van der Waals surface area contributed by atoms with Gasteiger partial charge in [-0.2, -0.15) is 0 Å². The van der Waals surface area contributed by atoms with Crippen LogP contribution in [0.4, 0.5) is 10.5 Å². The number of aliphatic hydroxyl groups excluding tert-OH is 1. The van der Waals surface area contributed by atoms with Crippen molar-refractivity contribution in [2.24, 2.45) is 0 Å². The Morgan fingerprint density at radius 2 is 1.82 bits per heavy atom. The second-order valence-corrected chi connectivity index (χ2v) is 6.29. The van der Waals surface area contributed by atoms with Crippen LogP contribution in [0.2, 0.25) is 0 Å². The molecule has 0 aliphatic carbocycles. The van der Waals surface area contributed by atoms with Gasteiger partial charge in [0.25, 0.3) is 0 Å². The Hall–Kier alpha value is -3.26. The molecule has 2 atom stereocenters. The first kappa shape index (κ1) is 19.5. The maximum Gasteiger partial charge on any atom is 0.416 e. The molecule has 1 aliphatic rings. The van der Waals surface area contributed by atoms with E-state index < -0.39 is 24.1 Å². The van der Waals surface area contributed by atoms with E-state index in [0.717, 1.165) is 0 Å². The molecule has 2 N–H and O–H groups in total. The lowest BCUT2D eigenvalue weighted by molar-refractivity contribution is -0.119. The van der Waals surface area contributed by atoms with Gasteiger partial charge in [-0.25, -0.2) is 4.79 Å². The number of rotatable bonds is 5. The number of carbonyl (C=O) groups excluding carboxylic acids is 2. The molecule has 8 heteroatoms. The number of hydrogen-bond acceptors (Lipinski definition) is 6. The molecule has 0 spiro atoms. The molecule has 28 heavy (non-hydrogen) atoms. The Morgan fingerprint density at radius 1 is 1.07 bits per heavy atom. The molecule has 1 fully saturated rings. The third-order valence-corrected chi connectivity index (χ3v) is 4.43. The number of amides is 2. The average molecular weight is 386 g/mol. The largest absolute Gasteiger partial charge is 0.497 e. The predicted octanol–water partition coefficient (Wildman–Crippen LogP) is 2.28. The van der Waals surface area contributed by atoms with Gasteiger partial charge in [0.05, 0.1) is 32.6 Å². The van der Waals surface area contributed by atoms with Gasteiger partial charge in [0.1, 0.15) is 23.3 Å². The molecule has 0 bridgehead atoms. The van der Waals surface area contributed by atoms with Crippen molar-refractivity contribution < 1.29 is 28.9 Å². The molecule has 1 aliphatic heterocycles. The molecule has 0 unspecified atom stereocenters. The van der Waals surface area contributed by atoms with E-state index in [2.05, 4.69) is 5.32 Å². The summed E-state index contributed by atoms with van der Waals surface area (Å²) in [6.07, 6.45) is -1.39. The summed E-state index contributed by atoms with van der Waals surface area (Å²) in [5, 5.41) is 12.8. The van der Waals surface area contributed by atoms with E-state index in [1.165, 1.54) is 19.1 Å². The van der Waals surface area contributed by atoms with E-state index in [1.54, 1.807) is 48.5 Å². The minimum atomic E-state index is -0.873. The summed E-state index contributed by atoms with van der Waals surface area (Å²) >= 11 is 0. The first-order valence-corrected chi connectivity index (χ1v) is 8.76. The van der Waals surface area contributed by atoms with Gasteiger partial charge in [0.15, 0.2) is 0 Å². The van der Waals surface area contributed by atoms with Crippen LogP contribution in [0.25, 0.3) is 0 Å². The third kappa shape index (κ3) is 4.34. The zero-order valence-corrected chi connectivity index (χ0v) is 15.6. The number of aliphatic hydroxyl groups is 1. The van der Waals surface area contributed by atoms with Gasteiger partial charge >= 0.3 is 6.09 Å². The first-order valence-electron chi connectivity index (χ1n) is 8.76. The molecule has 1 saturated heterocycles.